The second-order valence-corrected chi connectivity index (χ2v) is 3.96. The van der Waals surface area contributed by atoms with E-state index in [1.807, 2.05) is 0 Å². The molecule has 0 bridgehead atoms. The summed E-state index contributed by atoms with van der Waals surface area (Å²) < 4.78 is 18.7. The fourth-order valence-corrected chi connectivity index (χ4v) is 1.33. The van der Waals surface area contributed by atoms with Crippen LogP contribution in [0.5, 0.6) is 5.75 Å². The Kier molecular flexibility index (Phi) is 2.71. The topological polar surface area (TPSA) is 26.3 Å². The van der Waals surface area contributed by atoms with Gasteiger partial charge in [0.1, 0.15) is 0 Å². The highest BCUT2D eigenvalue weighted by Gasteiger charge is 2.22. The zero-order valence-corrected chi connectivity index (χ0v) is 8.63. The number of halogens is 1. The molecule has 2 nitrogen and oxygen atoms in total. The van der Waals surface area contributed by atoms with E-state index in [-0.39, 0.29) is 11.5 Å². The Hall–Kier alpha value is -1.38. The van der Waals surface area contributed by atoms with E-state index in [0.29, 0.717) is 18.1 Å². The normalized spacial score (nSPS) is 15.1. The van der Waals surface area contributed by atoms with Gasteiger partial charge in [-0.05, 0) is 43.9 Å². The molecular formula is C12H13FO2. The standard InChI is InChI=1S/C12H13FO2/c1-8(14)10-4-5-12(11(13)6-10)15-7-9-2-3-9/h4-6,9H,2-3,7H2,1H3. The highest BCUT2D eigenvalue weighted by atomic mass is 19.1. The molecular weight excluding hydrogens is 195 g/mol. The molecule has 1 aromatic rings. The van der Waals surface area contributed by atoms with Crippen LogP contribution in [0.2, 0.25) is 0 Å². The molecule has 0 amide bonds. The third-order valence-corrected chi connectivity index (χ3v) is 2.51. The molecule has 1 aliphatic rings. The minimum atomic E-state index is -0.455. The molecule has 3 heteroatoms. The zero-order chi connectivity index (χ0) is 10.8. The predicted molar refractivity (Wildman–Crippen MR) is 54.6 cm³/mol. The maximum atomic E-state index is 13.4. The van der Waals surface area contributed by atoms with Crippen LogP contribution in [-0.4, -0.2) is 12.4 Å². The molecule has 2 rings (SSSR count). The van der Waals surface area contributed by atoms with Gasteiger partial charge in [-0.3, -0.25) is 4.79 Å². The van der Waals surface area contributed by atoms with Crippen LogP contribution >= 0.6 is 0 Å². The highest BCUT2D eigenvalue weighted by Crippen LogP contribution is 2.30. The molecule has 0 aromatic heterocycles. The van der Waals surface area contributed by atoms with E-state index in [1.54, 1.807) is 6.07 Å². The van der Waals surface area contributed by atoms with Crippen LogP contribution in [0.3, 0.4) is 0 Å². The molecule has 1 aliphatic carbocycles. The fraction of sp³-hybridized carbons (Fsp3) is 0.417. The molecule has 1 aromatic carbocycles. The number of rotatable bonds is 4. The number of Topliss-reactive ketones (excluding diaryl/α,β-unsaturated/α-hetero) is 1. The van der Waals surface area contributed by atoms with Gasteiger partial charge in [0.2, 0.25) is 0 Å². The maximum absolute atomic E-state index is 13.4. The van der Waals surface area contributed by atoms with Crippen molar-refractivity contribution < 1.29 is 13.9 Å². The number of ether oxygens (including phenoxy) is 1. The summed E-state index contributed by atoms with van der Waals surface area (Å²) in [4.78, 5) is 11.0. The van der Waals surface area contributed by atoms with Crippen molar-refractivity contribution in [3.8, 4) is 5.75 Å². The summed E-state index contributed by atoms with van der Waals surface area (Å²) in [6.07, 6.45) is 2.35. The first-order chi connectivity index (χ1) is 7.16. The molecule has 0 spiro atoms. The van der Waals surface area contributed by atoms with Crippen molar-refractivity contribution in [2.24, 2.45) is 5.92 Å². The first kappa shape index (κ1) is 10.1. The van der Waals surface area contributed by atoms with Gasteiger partial charge in [-0.15, -0.1) is 0 Å². The van der Waals surface area contributed by atoms with E-state index in [0.717, 1.165) is 0 Å². The van der Waals surface area contributed by atoms with Gasteiger partial charge in [0.25, 0.3) is 0 Å². The second-order valence-electron chi connectivity index (χ2n) is 3.96. The Morgan fingerprint density at radius 1 is 1.53 bits per heavy atom. The molecule has 0 N–H and O–H groups in total. The van der Waals surface area contributed by atoms with E-state index >= 15 is 0 Å². The van der Waals surface area contributed by atoms with Crippen molar-refractivity contribution in [2.75, 3.05) is 6.61 Å². The average molecular weight is 208 g/mol. The Balaban J connectivity index is 2.07. The van der Waals surface area contributed by atoms with Gasteiger partial charge in [-0.25, -0.2) is 4.39 Å². The van der Waals surface area contributed by atoms with E-state index in [1.165, 1.54) is 31.9 Å². The Morgan fingerprint density at radius 2 is 2.27 bits per heavy atom. The number of carbonyl (C=O) groups is 1. The fourth-order valence-electron chi connectivity index (χ4n) is 1.33. The van der Waals surface area contributed by atoms with E-state index in [4.69, 9.17) is 4.74 Å². The van der Waals surface area contributed by atoms with Gasteiger partial charge in [-0.1, -0.05) is 0 Å². The summed E-state index contributed by atoms with van der Waals surface area (Å²) in [7, 11) is 0. The van der Waals surface area contributed by atoms with Crippen molar-refractivity contribution in [1.82, 2.24) is 0 Å². The number of ketones is 1. The predicted octanol–water partition coefficient (Wildman–Crippen LogP) is 2.82. The second kappa shape index (κ2) is 4.01. The monoisotopic (exact) mass is 208 g/mol. The SMILES string of the molecule is CC(=O)c1ccc(OCC2CC2)c(F)c1. The van der Waals surface area contributed by atoms with Crippen LogP contribution in [0.4, 0.5) is 4.39 Å². The molecule has 0 saturated heterocycles. The summed E-state index contributed by atoms with van der Waals surface area (Å²) in [5, 5.41) is 0. The maximum Gasteiger partial charge on any atom is 0.165 e. The van der Waals surface area contributed by atoms with Gasteiger partial charge in [0.15, 0.2) is 17.3 Å². The number of hydrogen-bond acceptors (Lipinski definition) is 2. The Bertz CT molecular complexity index is 383. The molecule has 15 heavy (non-hydrogen) atoms. The zero-order valence-electron chi connectivity index (χ0n) is 8.63. The summed E-state index contributed by atoms with van der Waals surface area (Å²) >= 11 is 0. The van der Waals surface area contributed by atoms with Gasteiger partial charge < -0.3 is 4.74 Å². The first-order valence-corrected chi connectivity index (χ1v) is 5.10. The molecule has 0 atom stereocenters. The van der Waals surface area contributed by atoms with Crippen molar-refractivity contribution in [1.29, 1.82) is 0 Å². The minimum absolute atomic E-state index is 0.136. The molecule has 0 aliphatic heterocycles. The molecule has 80 valence electrons. The van der Waals surface area contributed by atoms with Crippen LogP contribution in [0.25, 0.3) is 0 Å². The van der Waals surface area contributed by atoms with Crippen LogP contribution < -0.4 is 4.74 Å². The van der Waals surface area contributed by atoms with Crippen LogP contribution in [0.15, 0.2) is 18.2 Å². The average Bonchev–Trinajstić information content (AvgIpc) is 2.99. The van der Waals surface area contributed by atoms with Crippen LogP contribution in [0.1, 0.15) is 30.1 Å². The molecule has 0 heterocycles. The van der Waals surface area contributed by atoms with Gasteiger partial charge in [0.05, 0.1) is 6.61 Å². The van der Waals surface area contributed by atoms with E-state index in [2.05, 4.69) is 0 Å². The lowest BCUT2D eigenvalue weighted by atomic mass is 10.1. The highest BCUT2D eigenvalue weighted by molar-refractivity contribution is 5.94. The minimum Gasteiger partial charge on any atom is -0.490 e. The molecule has 1 saturated carbocycles. The molecule has 0 unspecified atom stereocenters. The van der Waals surface area contributed by atoms with Crippen molar-refractivity contribution in [3.63, 3.8) is 0 Å². The van der Waals surface area contributed by atoms with Gasteiger partial charge in [0, 0.05) is 5.56 Å². The molecule has 0 radical (unpaired) electrons. The Labute approximate surface area is 88.1 Å². The number of carbonyl (C=O) groups excluding carboxylic acids is 1. The lowest BCUT2D eigenvalue weighted by Gasteiger charge is -2.06. The van der Waals surface area contributed by atoms with Crippen LogP contribution in [-0.2, 0) is 0 Å². The lowest BCUT2D eigenvalue weighted by molar-refractivity contribution is 0.101. The number of benzene rings is 1. The van der Waals surface area contributed by atoms with Crippen LogP contribution in [0, 0.1) is 11.7 Å². The summed E-state index contributed by atoms with van der Waals surface area (Å²) in [5.74, 6) is 0.245. The quantitative estimate of drug-likeness (QED) is 0.711. The van der Waals surface area contributed by atoms with Gasteiger partial charge >= 0.3 is 0 Å². The summed E-state index contributed by atoms with van der Waals surface area (Å²) in [6.45, 7) is 2.00. The largest absolute Gasteiger partial charge is 0.490 e. The lowest BCUT2D eigenvalue weighted by Crippen LogP contribution is -2.02. The Morgan fingerprint density at radius 3 is 2.80 bits per heavy atom. The third kappa shape index (κ3) is 2.55. The summed E-state index contributed by atoms with van der Waals surface area (Å²) in [6, 6.07) is 4.34. The van der Waals surface area contributed by atoms with Crippen molar-refractivity contribution in [2.45, 2.75) is 19.8 Å². The van der Waals surface area contributed by atoms with E-state index < -0.39 is 5.82 Å². The smallest absolute Gasteiger partial charge is 0.165 e. The van der Waals surface area contributed by atoms with Gasteiger partial charge in [-0.2, -0.15) is 0 Å². The van der Waals surface area contributed by atoms with Crippen molar-refractivity contribution >= 4 is 5.78 Å². The number of hydrogen-bond donors (Lipinski definition) is 0. The third-order valence-electron chi connectivity index (χ3n) is 2.51. The summed E-state index contributed by atoms with van der Waals surface area (Å²) in [5.41, 5.74) is 0.381. The first-order valence-electron chi connectivity index (χ1n) is 5.10. The van der Waals surface area contributed by atoms with E-state index in [9.17, 15) is 9.18 Å². The molecule has 1 fully saturated rings. The van der Waals surface area contributed by atoms with Crippen molar-refractivity contribution in [3.05, 3.63) is 29.6 Å².